The van der Waals surface area contributed by atoms with Crippen LogP contribution in [0.15, 0.2) is 65.8 Å². The zero-order chi connectivity index (χ0) is 26.3. The van der Waals surface area contributed by atoms with Gasteiger partial charge in [0, 0.05) is 58.9 Å². The van der Waals surface area contributed by atoms with E-state index in [0.717, 1.165) is 38.5 Å². The molecular weight excluding hydrogens is 531 g/mol. The van der Waals surface area contributed by atoms with Crippen molar-refractivity contribution in [1.29, 1.82) is 0 Å². The average molecular weight is 558 g/mol. The van der Waals surface area contributed by atoms with Crippen LogP contribution in [0.1, 0.15) is 18.1 Å². The number of aromatic nitrogens is 3. The summed E-state index contributed by atoms with van der Waals surface area (Å²) in [4.78, 5) is 15.4. The summed E-state index contributed by atoms with van der Waals surface area (Å²) in [6.07, 6.45) is 5.46. The van der Waals surface area contributed by atoms with Gasteiger partial charge < -0.3 is 14.1 Å². The molecule has 0 saturated heterocycles. The molecule has 10 heteroatoms. The Labute approximate surface area is 224 Å². The molecule has 7 nitrogen and oxygen atoms in total. The minimum absolute atomic E-state index is 0.0477. The molecule has 3 aromatic heterocycles. The summed E-state index contributed by atoms with van der Waals surface area (Å²) in [7, 11) is -3.53. The van der Waals surface area contributed by atoms with Gasteiger partial charge in [0.2, 0.25) is 10.0 Å². The maximum absolute atomic E-state index is 12.7. The standard InChI is InChI=1S/C27H26Cl2N4O3S/c1-3-37(35,36)31-24-13-19(22-16-33(11-8-28)26-20(22)6-9-30-27(26)34)14-25-21(24)7-10-32(25)15-18-4-5-23(29)17(2)12-18/h4-7,9-10,12-14,16,31H,3,8,11,15H2,1-2H3,(H,30,34). The van der Waals surface area contributed by atoms with Crippen LogP contribution in [0.25, 0.3) is 32.9 Å². The van der Waals surface area contributed by atoms with Crippen molar-refractivity contribution in [3.63, 3.8) is 0 Å². The number of rotatable bonds is 8. The van der Waals surface area contributed by atoms with Gasteiger partial charge in [0.25, 0.3) is 5.56 Å². The van der Waals surface area contributed by atoms with E-state index in [-0.39, 0.29) is 11.3 Å². The molecule has 5 rings (SSSR count). The lowest BCUT2D eigenvalue weighted by Gasteiger charge is -2.13. The number of nitrogens with one attached hydrogen (secondary N) is 2. The Morgan fingerprint density at radius 3 is 2.59 bits per heavy atom. The molecule has 3 heterocycles. The number of aryl methyl sites for hydroxylation is 2. The summed E-state index contributed by atoms with van der Waals surface area (Å²) in [5, 5.41) is 2.26. The molecule has 0 spiro atoms. The minimum atomic E-state index is -3.53. The first-order chi connectivity index (χ1) is 17.7. The van der Waals surface area contributed by atoms with Crippen LogP contribution >= 0.6 is 23.2 Å². The summed E-state index contributed by atoms with van der Waals surface area (Å²) in [6, 6.07) is 13.5. The van der Waals surface area contributed by atoms with Gasteiger partial charge in [-0.3, -0.25) is 9.52 Å². The van der Waals surface area contributed by atoms with Crippen molar-refractivity contribution in [2.24, 2.45) is 0 Å². The Hall–Kier alpha value is -3.20. The molecule has 0 fully saturated rings. The number of H-pyrrole nitrogens is 1. The molecule has 0 aliphatic heterocycles. The molecule has 0 bridgehead atoms. The van der Waals surface area contributed by atoms with Crippen LogP contribution in [0.4, 0.5) is 5.69 Å². The maximum Gasteiger partial charge on any atom is 0.272 e. The van der Waals surface area contributed by atoms with Crippen LogP contribution in [0.2, 0.25) is 5.02 Å². The van der Waals surface area contributed by atoms with E-state index in [9.17, 15) is 13.2 Å². The lowest BCUT2D eigenvalue weighted by Crippen LogP contribution is -2.14. The van der Waals surface area contributed by atoms with E-state index in [2.05, 4.69) is 14.3 Å². The summed E-state index contributed by atoms with van der Waals surface area (Å²) in [6.45, 7) is 4.62. The van der Waals surface area contributed by atoms with Gasteiger partial charge in [-0.05, 0) is 60.9 Å². The number of sulfonamides is 1. The fourth-order valence-corrected chi connectivity index (χ4v) is 5.62. The molecule has 0 aliphatic rings. The average Bonchev–Trinajstić information content (AvgIpc) is 3.44. The largest absolute Gasteiger partial charge is 0.343 e. The van der Waals surface area contributed by atoms with Gasteiger partial charge in [0.15, 0.2) is 0 Å². The quantitative estimate of drug-likeness (QED) is 0.231. The van der Waals surface area contributed by atoms with Crippen molar-refractivity contribution < 1.29 is 8.42 Å². The fraction of sp³-hybridized carbons (Fsp3) is 0.222. The molecule has 0 unspecified atom stereocenters. The highest BCUT2D eigenvalue weighted by atomic mass is 35.5. The van der Waals surface area contributed by atoms with E-state index in [1.165, 1.54) is 0 Å². The van der Waals surface area contributed by atoms with Crippen molar-refractivity contribution >= 4 is 60.7 Å². The van der Waals surface area contributed by atoms with Gasteiger partial charge in [-0.1, -0.05) is 23.7 Å². The topological polar surface area (TPSA) is 88.9 Å². The Morgan fingerprint density at radius 1 is 1.05 bits per heavy atom. The smallest absolute Gasteiger partial charge is 0.272 e. The number of alkyl halides is 1. The highest BCUT2D eigenvalue weighted by molar-refractivity contribution is 7.92. The first-order valence-electron chi connectivity index (χ1n) is 11.9. The second kappa shape index (κ2) is 9.93. The maximum atomic E-state index is 12.7. The van der Waals surface area contributed by atoms with E-state index in [1.54, 1.807) is 13.1 Å². The van der Waals surface area contributed by atoms with Crippen molar-refractivity contribution in [1.82, 2.24) is 14.1 Å². The lowest BCUT2D eigenvalue weighted by atomic mass is 10.0. The highest BCUT2D eigenvalue weighted by Crippen LogP contribution is 2.36. The molecule has 0 saturated carbocycles. The molecule has 2 N–H and O–H groups in total. The molecule has 5 aromatic rings. The van der Waals surface area contributed by atoms with E-state index in [1.807, 2.05) is 66.3 Å². The molecule has 192 valence electrons. The molecule has 0 radical (unpaired) electrons. The summed E-state index contributed by atoms with van der Waals surface area (Å²) in [5.41, 5.74) is 5.35. The van der Waals surface area contributed by atoms with Crippen LogP contribution in [-0.2, 0) is 23.1 Å². The van der Waals surface area contributed by atoms with Gasteiger partial charge in [0.1, 0.15) is 5.52 Å². The highest BCUT2D eigenvalue weighted by Gasteiger charge is 2.18. The van der Waals surface area contributed by atoms with Crippen LogP contribution in [-0.4, -0.2) is 34.2 Å². The van der Waals surface area contributed by atoms with Crippen LogP contribution in [0, 0.1) is 6.92 Å². The second-order valence-electron chi connectivity index (χ2n) is 8.98. The summed E-state index contributed by atoms with van der Waals surface area (Å²) < 4.78 is 31.8. The summed E-state index contributed by atoms with van der Waals surface area (Å²) in [5.74, 6) is 0.301. The van der Waals surface area contributed by atoms with Crippen molar-refractivity contribution in [3.05, 3.63) is 87.6 Å². The number of pyridine rings is 1. The lowest BCUT2D eigenvalue weighted by molar-refractivity contribution is 0.602. The number of halogens is 2. The molecular formula is C27H26Cl2N4O3S. The number of anilines is 1. The fourth-order valence-electron chi connectivity index (χ4n) is 4.68. The third kappa shape index (κ3) is 4.89. The molecule has 0 aliphatic carbocycles. The minimum Gasteiger partial charge on any atom is -0.343 e. The number of hydrogen-bond donors (Lipinski definition) is 2. The Morgan fingerprint density at radius 2 is 1.86 bits per heavy atom. The zero-order valence-electron chi connectivity index (χ0n) is 20.4. The molecule has 2 aromatic carbocycles. The Balaban J connectivity index is 1.73. The van der Waals surface area contributed by atoms with Gasteiger partial charge in [-0.25, -0.2) is 8.42 Å². The Kier molecular flexibility index (Phi) is 6.83. The number of fused-ring (bicyclic) bond motifs is 2. The zero-order valence-corrected chi connectivity index (χ0v) is 22.7. The normalized spacial score (nSPS) is 12.0. The molecule has 37 heavy (non-hydrogen) atoms. The number of benzene rings is 2. The van der Waals surface area contributed by atoms with E-state index in [0.29, 0.717) is 35.2 Å². The first kappa shape index (κ1) is 25.4. The van der Waals surface area contributed by atoms with E-state index < -0.39 is 10.0 Å². The monoisotopic (exact) mass is 556 g/mol. The van der Waals surface area contributed by atoms with Crippen molar-refractivity contribution in [3.8, 4) is 11.1 Å². The number of nitrogens with zero attached hydrogens (tertiary/aromatic N) is 2. The number of aromatic amines is 1. The van der Waals surface area contributed by atoms with E-state index in [4.69, 9.17) is 23.2 Å². The summed E-state index contributed by atoms with van der Waals surface area (Å²) >= 11 is 12.2. The van der Waals surface area contributed by atoms with Crippen LogP contribution in [0.5, 0.6) is 0 Å². The van der Waals surface area contributed by atoms with Crippen molar-refractivity contribution in [2.45, 2.75) is 26.9 Å². The molecule has 0 atom stereocenters. The third-order valence-electron chi connectivity index (χ3n) is 6.54. The van der Waals surface area contributed by atoms with Gasteiger partial charge in [0.05, 0.1) is 17.0 Å². The third-order valence-corrected chi connectivity index (χ3v) is 8.43. The predicted octanol–water partition coefficient (Wildman–Crippen LogP) is 5.96. The van der Waals surface area contributed by atoms with Crippen LogP contribution < -0.4 is 10.3 Å². The second-order valence-corrected chi connectivity index (χ2v) is 11.8. The van der Waals surface area contributed by atoms with Gasteiger partial charge in [-0.2, -0.15) is 0 Å². The number of hydrogen-bond acceptors (Lipinski definition) is 3. The van der Waals surface area contributed by atoms with Crippen molar-refractivity contribution in [2.75, 3.05) is 16.4 Å². The SMILES string of the molecule is CCS(=O)(=O)Nc1cc(-c2cn(CCCl)c3c(=O)[nH]ccc23)cc2c1ccn2Cc1ccc(Cl)c(C)c1. The predicted molar refractivity (Wildman–Crippen MR) is 153 cm³/mol. The van der Waals surface area contributed by atoms with E-state index >= 15 is 0 Å². The molecule has 0 amide bonds. The van der Waals surface area contributed by atoms with Gasteiger partial charge >= 0.3 is 0 Å². The Bertz CT molecular complexity index is 1800. The van der Waals surface area contributed by atoms with Gasteiger partial charge in [-0.15, -0.1) is 11.6 Å². The first-order valence-corrected chi connectivity index (χ1v) is 14.4. The van der Waals surface area contributed by atoms with Crippen LogP contribution in [0.3, 0.4) is 0 Å².